The summed E-state index contributed by atoms with van der Waals surface area (Å²) in [4.78, 5) is 6.48. The zero-order valence-electron chi connectivity index (χ0n) is 13.4. The molecule has 4 heterocycles. The van der Waals surface area contributed by atoms with Crippen LogP contribution in [-0.4, -0.2) is 32.8 Å². The van der Waals surface area contributed by atoms with Gasteiger partial charge in [0.25, 0.3) is 0 Å². The lowest BCUT2D eigenvalue weighted by atomic mass is 10.1. The highest BCUT2D eigenvalue weighted by molar-refractivity contribution is 5.15. The first-order valence-corrected chi connectivity index (χ1v) is 8.15. The van der Waals surface area contributed by atoms with Crippen molar-refractivity contribution in [2.45, 2.75) is 19.6 Å². The monoisotopic (exact) mass is 324 g/mol. The molecule has 1 atom stereocenters. The van der Waals surface area contributed by atoms with Crippen LogP contribution < -0.4 is 4.74 Å². The normalized spacial score (nSPS) is 18.1. The van der Waals surface area contributed by atoms with Crippen LogP contribution in [0.1, 0.15) is 11.5 Å². The van der Waals surface area contributed by atoms with Gasteiger partial charge in [-0.05, 0) is 30.3 Å². The minimum absolute atomic E-state index is 0.348. The van der Waals surface area contributed by atoms with Gasteiger partial charge in [0.05, 0.1) is 31.3 Å². The zero-order chi connectivity index (χ0) is 16.2. The van der Waals surface area contributed by atoms with E-state index in [1.54, 1.807) is 18.7 Å². The molecule has 6 nitrogen and oxygen atoms in total. The van der Waals surface area contributed by atoms with Crippen molar-refractivity contribution in [1.29, 1.82) is 0 Å². The molecule has 0 aromatic carbocycles. The lowest BCUT2D eigenvalue weighted by Gasteiger charge is -2.23. The Morgan fingerprint density at radius 1 is 1.17 bits per heavy atom. The number of furan rings is 1. The lowest BCUT2D eigenvalue weighted by molar-refractivity contribution is 0.159. The van der Waals surface area contributed by atoms with Crippen LogP contribution in [-0.2, 0) is 19.6 Å². The van der Waals surface area contributed by atoms with E-state index in [1.165, 1.54) is 5.69 Å². The van der Waals surface area contributed by atoms with E-state index in [2.05, 4.69) is 25.7 Å². The molecule has 0 unspecified atom stereocenters. The first kappa shape index (κ1) is 15.0. The van der Waals surface area contributed by atoms with Gasteiger partial charge in [0.15, 0.2) is 0 Å². The van der Waals surface area contributed by atoms with Crippen molar-refractivity contribution >= 4 is 0 Å². The summed E-state index contributed by atoms with van der Waals surface area (Å²) in [5, 5.41) is 4.45. The fourth-order valence-corrected chi connectivity index (χ4v) is 3.12. The lowest BCUT2D eigenvalue weighted by Crippen LogP contribution is -2.30. The summed E-state index contributed by atoms with van der Waals surface area (Å²) in [5.41, 5.74) is 1.23. The van der Waals surface area contributed by atoms with Crippen molar-refractivity contribution in [2.24, 2.45) is 5.92 Å². The third kappa shape index (κ3) is 3.49. The summed E-state index contributed by atoms with van der Waals surface area (Å²) in [7, 11) is 0. The summed E-state index contributed by atoms with van der Waals surface area (Å²) in [6.45, 7) is 4.09. The maximum atomic E-state index is 5.92. The van der Waals surface area contributed by atoms with E-state index in [-0.39, 0.29) is 0 Å². The molecule has 0 saturated heterocycles. The first-order valence-electron chi connectivity index (χ1n) is 8.15. The molecule has 24 heavy (non-hydrogen) atoms. The zero-order valence-corrected chi connectivity index (χ0v) is 13.4. The van der Waals surface area contributed by atoms with E-state index < -0.39 is 0 Å². The van der Waals surface area contributed by atoms with Crippen LogP contribution in [0.25, 0.3) is 0 Å². The van der Waals surface area contributed by atoms with Gasteiger partial charge in [-0.25, -0.2) is 0 Å². The molecule has 0 amide bonds. The third-order valence-electron chi connectivity index (χ3n) is 4.22. The van der Waals surface area contributed by atoms with Crippen LogP contribution in [0.3, 0.4) is 0 Å². The van der Waals surface area contributed by atoms with Crippen molar-refractivity contribution in [2.75, 3.05) is 13.2 Å². The number of ether oxygens (including phenoxy) is 1. The molecule has 0 aliphatic carbocycles. The predicted molar refractivity (Wildman–Crippen MR) is 88.3 cm³/mol. The highest BCUT2D eigenvalue weighted by Gasteiger charge is 2.23. The maximum Gasteiger partial charge on any atom is 0.137 e. The number of hydrogen-bond donors (Lipinski definition) is 0. The first-order chi connectivity index (χ1) is 11.9. The molecule has 3 aromatic heterocycles. The fourth-order valence-electron chi connectivity index (χ4n) is 3.12. The van der Waals surface area contributed by atoms with Crippen molar-refractivity contribution in [3.8, 4) is 5.75 Å². The maximum absolute atomic E-state index is 5.92. The van der Waals surface area contributed by atoms with E-state index in [1.807, 2.05) is 30.5 Å². The Labute approximate surface area is 140 Å². The summed E-state index contributed by atoms with van der Waals surface area (Å²) in [6.07, 6.45) is 7.08. The predicted octanol–water partition coefficient (Wildman–Crippen LogP) is 2.58. The molecule has 1 aliphatic rings. The Morgan fingerprint density at radius 2 is 2.17 bits per heavy atom. The van der Waals surface area contributed by atoms with Crippen LogP contribution in [0.4, 0.5) is 0 Å². The van der Waals surface area contributed by atoms with E-state index in [9.17, 15) is 0 Å². The molecule has 124 valence electrons. The van der Waals surface area contributed by atoms with Gasteiger partial charge in [-0.2, -0.15) is 5.10 Å². The average Bonchev–Trinajstić information content (AvgIpc) is 3.23. The molecule has 1 aliphatic heterocycles. The quantitative estimate of drug-likeness (QED) is 0.722. The molecular formula is C18H20N4O2. The van der Waals surface area contributed by atoms with Crippen LogP contribution in [0, 0.1) is 5.92 Å². The second-order valence-electron chi connectivity index (χ2n) is 6.12. The van der Waals surface area contributed by atoms with Gasteiger partial charge in [-0.3, -0.25) is 14.6 Å². The van der Waals surface area contributed by atoms with Gasteiger partial charge in [-0.15, -0.1) is 0 Å². The molecule has 0 spiro atoms. The standard InChI is InChI=1S/C18H20N4O2/c1-3-17(9-19-6-1)24-14-15-10-21(13-18-4-2-8-23-18)12-16-5-7-20-22(16)11-15/h1-9,15H,10-14H2/t15-/m0/s1. The smallest absolute Gasteiger partial charge is 0.137 e. The van der Waals surface area contributed by atoms with Crippen molar-refractivity contribution in [3.63, 3.8) is 0 Å². The number of hydrogen-bond acceptors (Lipinski definition) is 5. The molecule has 0 N–H and O–H groups in total. The van der Waals surface area contributed by atoms with E-state index in [4.69, 9.17) is 9.15 Å². The van der Waals surface area contributed by atoms with E-state index >= 15 is 0 Å². The molecule has 0 saturated carbocycles. The van der Waals surface area contributed by atoms with Gasteiger partial charge < -0.3 is 9.15 Å². The molecule has 4 rings (SSSR count). The van der Waals surface area contributed by atoms with Crippen molar-refractivity contribution in [3.05, 3.63) is 66.6 Å². The average molecular weight is 324 g/mol. The molecule has 6 heteroatoms. The molecule has 0 bridgehead atoms. The van der Waals surface area contributed by atoms with E-state index in [0.29, 0.717) is 12.5 Å². The number of aromatic nitrogens is 3. The highest BCUT2D eigenvalue weighted by Crippen LogP contribution is 2.19. The molecule has 0 radical (unpaired) electrons. The summed E-state index contributed by atoms with van der Waals surface area (Å²) >= 11 is 0. The SMILES string of the molecule is c1cncc(OC[C@H]2CN(Cc3ccco3)Cc3ccnn3C2)c1. The molecular weight excluding hydrogens is 304 g/mol. The summed E-state index contributed by atoms with van der Waals surface area (Å²) in [5.74, 6) is 2.14. The Morgan fingerprint density at radius 3 is 3.00 bits per heavy atom. The minimum Gasteiger partial charge on any atom is -0.492 e. The Hall–Kier alpha value is -2.60. The van der Waals surface area contributed by atoms with Crippen LogP contribution >= 0.6 is 0 Å². The number of fused-ring (bicyclic) bond motifs is 1. The largest absolute Gasteiger partial charge is 0.492 e. The van der Waals surface area contributed by atoms with Gasteiger partial charge in [-0.1, -0.05) is 0 Å². The van der Waals surface area contributed by atoms with Gasteiger partial charge in [0, 0.05) is 37.9 Å². The fraction of sp³-hybridized carbons (Fsp3) is 0.333. The highest BCUT2D eigenvalue weighted by atomic mass is 16.5. The summed E-state index contributed by atoms with van der Waals surface area (Å²) in [6, 6.07) is 9.85. The topological polar surface area (TPSA) is 56.3 Å². The van der Waals surface area contributed by atoms with Gasteiger partial charge in [0.2, 0.25) is 0 Å². The van der Waals surface area contributed by atoms with E-state index in [0.717, 1.165) is 37.7 Å². The molecule has 3 aromatic rings. The van der Waals surface area contributed by atoms with Crippen LogP contribution in [0.5, 0.6) is 5.75 Å². The Balaban J connectivity index is 1.46. The third-order valence-corrected chi connectivity index (χ3v) is 4.22. The second-order valence-corrected chi connectivity index (χ2v) is 6.12. The second kappa shape index (κ2) is 6.88. The summed E-state index contributed by atoms with van der Waals surface area (Å²) < 4.78 is 13.5. The molecule has 0 fully saturated rings. The Bertz CT molecular complexity index is 754. The number of pyridine rings is 1. The minimum atomic E-state index is 0.348. The Kier molecular flexibility index (Phi) is 4.29. The van der Waals surface area contributed by atoms with Crippen LogP contribution in [0.2, 0.25) is 0 Å². The van der Waals surface area contributed by atoms with Crippen LogP contribution in [0.15, 0.2) is 59.6 Å². The van der Waals surface area contributed by atoms with Gasteiger partial charge >= 0.3 is 0 Å². The number of nitrogens with zero attached hydrogens (tertiary/aromatic N) is 4. The van der Waals surface area contributed by atoms with Gasteiger partial charge in [0.1, 0.15) is 11.5 Å². The van der Waals surface area contributed by atoms with Crippen molar-refractivity contribution < 1.29 is 9.15 Å². The number of rotatable bonds is 5. The van der Waals surface area contributed by atoms with Crippen molar-refractivity contribution in [1.82, 2.24) is 19.7 Å².